The number of rotatable bonds is 2. The Bertz CT molecular complexity index is 385. The van der Waals surface area contributed by atoms with E-state index in [1.165, 1.54) is 0 Å². The van der Waals surface area contributed by atoms with Gasteiger partial charge in [0.1, 0.15) is 0 Å². The fourth-order valence-electron chi connectivity index (χ4n) is 1.79. The van der Waals surface area contributed by atoms with Crippen molar-refractivity contribution in [3.63, 3.8) is 0 Å². The molecule has 18 heavy (non-hydrogen) atoms. The summed E-state index contributed by atoms with van der Waals surface area (Å²) in [6.07, 6.45) is 22.4. The molecule has 0 saturated heterocycles. The maximum Gasteiger partial charge on any atom is 0.239 e. The summed E-state index contributed by atoms with van der Waals surface area (Å²) in [5.41, 5.74) is 1.08. The molecule has 2 nitrogen and oxygen atoms in total. The van der Waals surface area contributed by atoms with Crippen LogP contribution in [0.3, 0.4) is 0 Å². The zero-order valence-electron chi connectivity index (χ0n) is 10.2. The zero-order chi connectivity index (χ0) is 12.0. The summed E-state index contributed by atoms with van der Waals surface area (Å²) in [6.45, 7) is 0. The molecule has 0 N–H and O–H groups in total. The van der Waals surface area contributed by atoms with E-state index in [0.717, 1.165) is 12.0 Å². The molecule has 0 aromatic rings. The topological polar surface area (TPSA) is 18.5 Å². The monoisotopic (exact) mass is 284 g/mol. The molecule has 96 valence electrons. The first kappa shape index (κ1) is 15.0. The van der Waals surface area contributed by atoms with Crippen LogP contribution < -0.4 is 0 Å². The molecular formula is C15H16FeO2. The molecule has 1 atom stereocenters. The van der Waals surface area contributed by atoms with E-state index in [4.69, 9.17) is 9.47 Å². The Morgan fingerprint density at radius 2 is 1.89 bits per heavy atom. The van der Waals surface area contributed by atoms with Crippen LogP contribution in [0.1, 0.15) is 6.42 Å². The molecular weight excluding hydrogens is 268 g/mol. The van der Waals surface area contributed by atoms with E-state index in [0.29, 0.717) is 0 Å². The number of allylic oxidation sites excluding steroid dienone is 6. The molecule has 3 rings (SSSR count). The van der Waals surface area contributed by atoms with Crippen LogP contribution in [0.4, 0.5) is 0 Å². The van der Waals surface area contributed by atoms with Crippen molar-refractivity contribution < 1.29 is 26.5 Å². The molecule has 2 aliphatic carbocycles. The summed E-state index contributed by atoms with van der Waals surface area (Å²) < 4.78 is 10.8. The van der Waals surface area contributed by atoms with Crippen LogP contribution in [0.2, 0.25) is 0 Å². The van der Waals surface area contributed by atoms with Crippen molar-refractivity contribution in [1.29, 1.82) is 0 Å². The molecule has 3 heteroatoms. The largest absolute Gasteiger partial charge is 0.466 e. The van der Waals surface area contributed by atoms with Crippen molar-refractivity contribution in [3.8, 4) is 0 Å². The van der Waals surface area contributed by atoms with E-state index >= 15 is 0 Å². The number of methoxy groups -OCH3 is 1. The van der Waals surface area contributed by atoms with E-state index in [1.807, 2.05) is 61.4 Å². The maximum atomic E-state index is 5.43. The van der Waals surface area contributed by atoms with Gasteiger partial charge in [-0.15, -0.1) is 0 Å². The first-order valence-corrected chi connectivity index (χ1v) is 5.64. The number of ether oxygens (including phenoxy) is 2. The molecule has 0 aromatic heterocycles. The van der Waals surface area contributed by atoms with Crippen molar-refractivity contribution in [2.45, 2.75) is 12.2 Å². The molecule has 0 aromatic carbocycles. The number of hydrogen-bond donors (Lipinski definition) is 0. The van der Waals surface area contributed by atoms with Gasteiger partial charge in [0.2, 0.25) is 5.79 Å². The van der Waals surface area contributed by atoms with Crippen molar-refractivity contribution in [1.82, 2.24) is 0 Å². The van der Waals surface area contributed by atoms with Crippen LogP contribution in [0.25, 0.3) is 0 Å². The minimum atomic E-state index is -0.552. The molecule has 0 saturated carbocycles. The molecule has 1 heterocycles. The minimum absolute atomic E-state index is 0. The Morgan fingerprint density at radius 3 is 2.28 bits per heavy atom. The van der Waals surface area contributed by atoms with Crippen LogP contribution in [-0.4, -0.2) is 12.9 Å². The normalized spacial score (nSPS) is 26.4. The van der Waals surface area contributed by atoms with Crippen LogP contribution in [-0.2, 0) is 26.5 Å². The second-order valence-corrected chi connectivity index (χ2v) is 3.79. The fraction of sp³-hybridized carbons (Fsp3) is 0.200. The molecule has 0 amide bonds. The van der Waals surface area contributed by atoms with Gasteiger partial charge in [0, 0.05) is 49.0 Å². The molecule has 1 unspecified atom stereocenters. The maximum absolute atomic E-state index is 5.43. The average molecular weight is 284 g/mol. The molecule has 0 spiro atoms. The summed E-state index contributed by atoms with van der Waals surface area (Å²) >= 11 is 0. The van der Waals surface area contributed by atoms with Gasteiger partial charge in [-0.1, -0.05) is 42.5 Å². The third-order valence-electron chi connectivity index (χ3n) is 2.73. The third-order valence-corrected chi connectivity index (χ3v) is 2.73. The van der Waals surface area contributed by atoms with E-state index in [9.17, 15) is 0 Å². The SMILES string of the molecule is COC1(C2=C[CH]C=C2)CC=CO1.[CH]1C=CC=C1.[Fe]. The van der Waals surface area contributed by atoms with Gasteiger partial charge in [-0.05, 0) is 6.08 Å². The van der Waals surface area contributed by atoms with Crippen molar-refractivity contribution in [2.75, 3.05) is 7.11 Å². The zero-order valence-corrected chi connectivity index (χ0v) is 11.3. The smallest absolute Gasteiger partial charge is 0.239 e. The van der Waals surface area contributed by atoms with Gasteiger partial charge in [-0.2, -0.15) is 0 Å². The summed E-state index contributed by atoms with van der Waals surface area (Å²) in [7, 11) is 1.67. The van der Waals surface area contributed by atoms with Crippen LogP contribution in [0.15, 0.2) is 60.4 Å². The van der Waals surface area contributed by atoms with E-state index in [2.05, 4.69) is 0 Å². The first-order valence-electron chi connectivity index (χ1n) is 5.64. The summed E-state index contributed by atoms with van der Waals surface area (Å²) in [5, 5.41) is 0. The van der Waals surface area contributed by atoms with Crippen molar-refractivity contribution >= 4 is 0 Å². The second kappa shape index (κ2) is 7.42. The van der Waals surface area contributed by atoms with E-state index in [-0.39, 0.29) is 17.1 Å². The Morgan fingerprint density at radius 1 is 1.11 bits per heavy atom. The summed E-state index contributed by atoms with van der Waals surface area (Å²) in [4.78, 5) is 0. The van der Waals surface area contributed by atoms with Gasteiger partial charge in [-0.25, -0.2) is 0 Å². The molecule has 3 aliphatic rings. The van der Waals surface area contributed by atoms with Gasteiger partial charge < -0.3 is 9.47 Å². The predicted molar refractivity (Wildman–Crippen MR) is 68.7 cm³/mol. The fourth-order valence-corrected chi connectivity index (χ4v) is 1.79. The summed E-state index contributed by atoms with van der Waals surface area (Å²) in [6, 6.07) is 0. The van der Waals surface area contributed by atoms with Gasteiger partial charge in [0.25, 0.3) is 0 Å². The quantitative estimate of drug-likeness (QED) is 0.724. The Hall–Kier alpha value is -1.02. The standard InChI is InChI=1S/C10H11O2.C5H5.Fe/c1-11-10(7-4-8-12-10)9-5-2-3-6-9;1-2-4-5-3-1;/h2-6,8H,7H2,1H3;1-5H;. The number of hydrogen-bond acceptors (Lipinski definition) is 2. The van der Waals surface area contributed by atoms with Crippen molar-refractivity contribution in [2.24, 2.45) is 0 Å². The van der Waals surface area contributed by atoms with E-state index < -0.39 is 5.79 Å². The van der Waals surface area contributed by atoms with Crippen LogP contribution in [0, 0.1) is 12.8 Å². The molecule has 1 aliphatic heterocycles. The molecule has 0 fully saturated rings. The Kier molecular flexibility index (Phi) is 6.20. The van der Waals surface area contributed by atoms with Gasteiger partial charge in [-0.3, -0.25) is 0 Å². The first-order chi connectivity index (χ1) is 8.37. The second-order valence-electron chi connectivity index (χ2n) is 3.79. The predicted octanol–water partition coefficient (Wildman–Crippen LogP) is 3.28. The minimum Gasteiger partial charge on any atom is -0.466 e. The average Bonchev–Trinajstić information content (AvgIpc) is 3.13. The molecule has 0 bridgehead atoms. The Labute approximate surface area is 119 Å². The third kappa shape index (κ3) is 3.49. The van der Waals surface area contributed by atoms with Gasteiger partial charge >= 0.3 is 0 Å². The van der Waals surface area contributed by atoms with E-state index in [1.54, 1.807) is 13.4 Å². The van der Waals surface area contributed by atoms with Gasteiger partial charge in [0.15, 0.2) is 0 Å². The van der Waals surface area contributed by atoms with Crippen molar-refractivity contribution in [3.05, 3.63) is 73.3 Å². The van der Waals surface area contributed by atoms with Crippen LogP contribution in [0.5, 0.6) is 0 Å². The van der Waals surface area contributed by atoms with Gasteiger partial charge in [0.05, 0.1) is 6.26 Å². The summed E-state index contributed by atoms with van der Waals surface area (Å²) in [5.74, 6) is -0.552. The van der Waals surface area contributed by atoms with Crippen LogP contribution >= 0.6 is 0 Å². The molecule has 2 radical (unpaired) electrons. The Balaban J connectivity index is 0.000000230.